The van der Waals surface area contributed by atoms with Gasteiger partial charge >= 0.3 is 0 Å². The molecule has 5 N–H and O–H groups in total. The maximum absolute atomic E-state index is 13.0. The normalized spacial score (nSPS) is 23.1. The van der Waals surface area contributed by atoms with Crippen LogP contribution in [0.5, 0.6) is 0 Å². The van der Waals surface area contributed by atoms with Crippen LogP contribution in [-0.4, -0.2) is 83.1 Å². The molecule has 1 unspecified atom stereocenters. The topological polar surface area (TPSA) is 146 Å². The first-order chi connectivity index (χ1) is 19.3. The van der Waals surface area contributed by atoms with Crippen molar-refractivity contribution in [2.75, 3.05) is 31.2 Å². The lowest BCUT2D eigenvalue weighted by atomic mass is 9.91. The van der Waals surface area contributed by atoms with Gasteiger partial charge in [-0.3, -0.25) is 4.79 Å². The van der Waals surface area contributed by atoms with Gasteiger partial charge in [0.25, 0.3) is 5.91 Å². The van der Waals surface area contributed by atoms with Gasteiger partial charge < -0.3 is 35.4 Å². The Labute approximate surface area is 237 Å². The number of nitrogens with zero attached hydrogens (tertiary/aromatic N) is 2. The highest BCUT2D eigenvalue weighted by Gasteiger charge is 2.44. The van der Waals surface area contributed by atoms with E-state index in [0.29, 0.717) is 4.88 Å². The fourth-order valence-electron chi connectivity index (χ4n) is 5.02. The quantitative estimate of drug-likeness (QED) is 0.186. The van der Waals surface area contributed by atoms with E-state index < -0.39 is 43.0 Å². The largest absolute Gasteiger partial charge is 0.396 e. The van der Waals surface area contributed by atoms with E-state index in [4.69, 9.17) is 4.74 Å². The molecule has 10 heteroatoms. The summed E-state index contributed by atoms with van der Waals surface area (Å²) >= 11 is 1.44. The number of benzene rings is 2. The number of aliphatic hydroxyl groups is 4. The maximum Gasteiger partial charge on any atom is 0.262 e. The lowest BCUT2D eigenvalue weighted by Gasteiger charge is -2.42. The number of carbonyl (C=O) groups excluding carboxylic acids is 1. The minimum absolute atomic E-state index is 0.0631. The molecule has 0 bridgehead atoms. The van der Waals surface area contributed by atoms with Crippen molar-refractivity contribution in [1.82, 2.24) is 5.32 Å². The van der Waals surface area contributed by atoms with Crippen LogP contribution in [-0.2, 0) is 9.53 Å². The lowest BCUT2D eigenvalue weighted by molar-refractivity contribution is -0.197. The van der Waals surface area contributed by atoms with E-state index >= 15 is 0 Å². The Morgan fingerprint density at radius 2 is 1.77 bits per heavy atom. The SMILES string of the molecule is CCN(CC)c1ccc2cc(-c3ccc(/C=C(\C#N)C(=O)N[C@H]4C(CCO)O[C@H](CO)[C@@H](O)[C@@H]4O)s3)ccc2c1. The first kappa shape index (κ1) is 29.7. The van der Waals surface area contributed by atoms with Gasteiger partial charge in [-0.1, -0.05) is 18.2 Å². The Balaban J connectivity index is 1.52. The molecule has 1 saturated heterocycles. The zero-order valence-corrected chi connectivity index (χ0v) is 23.3. The second-order valence-corrected chi connectivity index (χ2v) is 10.8. The summed E-state index contributed by atoms with van der Waals surface area (Å²) in [6, 6.07) is 17.3. The van der Waals surface area contributed by atoms with Crippen molar-refractivity contribution in [1.29, 1.82) is 5.26 Å². The van der Waals surface area contributed by atoms with Gasteiger partial charge in [-0.2, -0.15) is 5.26 Å². The minimum atomic E-state index is -1.45. The van der Waals surface area contributed by atoms with Crippen LogP contribution in [0.4, 0.5) is 5.69 Å². The third-order valence-electron chi connectivity index (χ3n) is 7.26. The molecule has 5 atom stereocenters. The molecular weight excluding hydrogens is 530 g/mol. The van der Waals surface area contributed by atoms with Crippen LogP contribution in [0, 0.1) is 11.3 Å². The molecule has 4 rings (SSSR count). The average Bonchev–Trinajstić information content (AvgIpc) is 3.44. The van der Waals surface area contributed by atoms with Crippen LogP contribution in [0.25, 0.3) is 27.3 Å². The van der Waals surface area contributed by atoms with Crippen molar-refractivity contribution in [2.45, 2.75) is 50.7 Å². The summed E-state index contributed by atoms with van der Waals surface area (Å²) in [5.41, 5.74) is 2.04. The summed E-state index contributed by atoms with van der Waals surface area (Å²) in [5, 5.41) is 54.1. The van der Waals surface area contributed by atoms with Crippen molar-refractivity contribution in [3.63, 3.8) is 0 Å². The Morgan fingerprint density at radius 1 is 1.05 bits per heavy atom. The number of fused-ring (bicyclic) bond motifs is 1. The molecule has 0 spiro atoms. The van der Waals surface area contributed by atoms with Gasteiger partial charge in [-0.15, -0.1) is 11.3 Å². The molecule has 40 heavy (non-hydrogen) atoms. The van der Waals surface area contributed by atoms with Gasteiger partial charge in [0.2, 0.25) is 0 Å². The molecule has 9 nitrogen and oxygen atoms in total. The smallest absolute Gasteiger partial charge is 0.262 e. The van der Waals surface area contributed by atoms with Crippen LogP contribution in [0.2, 0.25) is 0 Å². The van der Waals surface area contributed by atoms with Gasteiger partial charge in [-0.05, 0) is 73.0 Å². The molecule has 2 heterocycles. The van der Waals surface area contributed by atoms with Gasteiger partial charge in [0, 0.05) is 35.1 Å². The number of anilines is 1. The van der Waals surface area contributed by atoms with E-state index in [0.717, 1.165) is 34.3 Å². The zero-order chi connectivity index (χ0) is 28.8. The number of carbonyl (C=O) groups is 1. The second kappa shape index (κ2) is 13.4. The number of aliphatic hydroxyl groups excluding tert-OH is 4. The van der Waals surface area contributed by atoms with Crippen molar-refractivity contribution in [2.24, 2.45) is 0 Å². The van der Waals surface area contributed by atoms with Gasteiger partial charge in [-0.25, -0.2) is 0 Å². The van der Waals surface area contributed by atoms with Gasteiger partial charge in [0.1, 0.15) is 30.0 Å². The Morgan fingerprint density at radius 3 is 2.45 bits per heavy atom. The number of nitrogens with one attached hydrogen (secondary N) is 1. The van der Waals surface area contributed by atoms with Crippen molar-refractivity contribution < 1.29 is 30.0 Å². The number of rotatable bonds is 10. The molecule has 1 aromatic heterocycles. The standard InChI is InChI=1S/C30H35N3O6S/c1-3-33(4-2)22-8-7-18-13-20(6-5-19(18)14-22)26-10-9-23(40-26)15-21(16-31)30(38)32-27-24(11-12-34)39-25(17-35)28(36)29(27)37/h5-10,13-15,24-25,27-29,34-37H,3-4,11-12,17H2,1-2H3,(H,32,38)/b21-15+/t24?,25-,27+,28-,29-/m1/s1. The summed E-state index contributed by atoms with van der Waals surface area (Å²) < 4.78 is 5.58. The van der Waals surface area contributed by atoms with E-state index in [1.54, 1.807) is 0 Å². The molecule has 1 amide bonds. The number of thiophene rings is 1. The third kappa shape index (κ3) is 6.36. The van der Waals surface area contributed by atoms with Crippen molar-refractivity contribution in [3.05, 3.63) is 59.0 Å². The molecule has 1 aliphatic rings. The van der Waals surface area contributed by atoms with Crippen LogP contribution < -0.4 is 10.2 Å². The van der Waals surface area contributed by atoms with Gasteiger partial charge in [0.05, 0.1) is 18.8 Å². The Hall–Kier alpha value is -3.30. The lowest BCUT2D eigenvalue weighted by Crippen LogP contribution is -2.64. The number of nitriles is 1. The highest BCUT2D eigenvalue weighted by molar-refractivity contribution is 7.16. The molecule has 212 valence electrons. The average molecular weight is 566 g/mol. The Bertz CT molecular complexity index is 1400. The summed E-state index contributed by atoms with van der Waals surface area (Å²) in [6.07, 6.45) is -3.25. The summed E-state index contributed by atoms with van der Waals surface area (Å²) in [5.74, 6) is -0.739. The van der Waals surface area contributed by atoms with E-state index in [2.05, 4.69) is 60.5 Å². The number of hydrogen-bond acceptors (Lipinski definition) is 9. The third-order valence-corrected chi connectivity index (χ3v) is 8.34. The fraction of sp³-hybridized carbons (Fsp3) is 0.400. The second-order valence-electron chi connectivity index (χ2n) is 9.68. The molecular formula is C30H35N3O6S. The highest BCUT2D eigenvalue weighted by Crippen LogP contribution is 2.33. The van der Waals surface area contributed by atoms with E-state index in [9.17, 15) is 30.5 Å². The molecule has 0 radical (unpaired) electrons. The summed E-state index contributed by atoms with van der Waals surface area (Å²) in [6.45, 7) is 5.35. The predicted octanol–water partition coefficient (Wildman–Crippen LogP) is 2.67. The van der Waals surface area contributed by atoms with E-state index in [1.807, 2.05) is 18.2 Å². The van der Waals surface area contributed by atoms with E-state index in [-0.39, 0.29) is 18.6 Å². The first-order valence-corrected chi connectivity index (χ1v) is 14.2. The van der Waals surface area contributed by atoms with Crippen LogP contribution in [0.15, 0.2) is 54.1 Å². The summed E-state index contributed by atoms with van der Waals surface area (Å²) in [7, 11) is 0. The minimum Gasteiger partial charge on any atom is -0.396 e. The number of ether oxygens (including phenoxy) is 1. The summed E-state index contributed by atoms with van der Waals surface area (Å²) in [4.78, 5) is 17.0. The van der Waals surface area contributed by atoms with Crippen molar-refractivity contribution >= 4 is 39.8 Å². The molecule has 1 fully saturated rings. The van der Waals surface area contributed by atoms with Crippen LogP contribution in [0.3, 0.4) is 0 Å². The number of amides is 1. The molecule has 1 aliphatic heterocycles. The highest BCUT2D eigenvalue weighted by atomic mass is 32.1. The zero-order valence-electron chi connectivity index (χ0n) is 22.5. The van der Waals surface area contributed by atoms with Crippen LogP contribution >= 0.6 is 11.3 Å². The number of hydrogen-bond donors (Lipinski definition) is 5. The van der Waals surface area contributed by atoms with Gasteiger partial charge in [0.15, 0.2) is 0 Å². The first-order valence-electron chi connectivity index (χ1n) is 13.4. The van der Waals surface area contributed by atoms with Crippen molar-refractivity contribution in [3.8, 4) is 16.5 Å². The molecule has 0 aliphatic carbocycles. The molecule has 3 aromatic rings. The van der Waals surface area contributed by atoms with Crippen LogP contribution in [0.1, 0.15) is 25.1 Å². The van der Waals surface area contributed by atoms with E-state index in [1.165, 1.54) is 23.1 Å². The maximum atomic E-state index is 13.0. The predicted molar refractivity (Wildman–Crippen MR) is 156 cm³/mol. The fourth-order valence-corrected chi connectivity index (χ4v) is 5.97. The monoisotopic (exact) mass is 565 g/mol. The molecule has 0 saturated carbocycles. The molecule has 2 aromatic carbocycles. The Kier molecular flexibility index (Phi) is 9.92.